The maximum Gasteiger partial charge on any atom is 0.259 e. The van der Waals surface area contributed by atoms with Crippen LogP contribution in [-0.2, 0) is 0 Å². The minimum absolute atomic E-state index is 0.0370. The molecule has 0 aromatic carbocycles. The van der Waals surface area contributed by atoms with Gasteiger partial charge in [0.15, 0.2) is 5.82 Å². The summed E-state index contributed by atoms with van der Waals surface area (Å²) in [7, 11) is 2.77. The topological polar surface area (TPSA) is 31.4 Å². The van der Waals surface area contributed by atoms with Crippen molar-refractivity contribution < 1.29 is 13.9 Å². The van der Waals surface area contributed by atoms with Gasteiger partial charge in [-0.15, -0.1) is 0 Å². The Hall–Kier alpha value is -1.32. The Morgan fingerprint density at radius 3 is 2.55 bits per heavy atom. The highest BCUT2D eigenvalue weighted by Gasteiger charge is 2.09. The average Bonchev–Trinajstić information content (AvgIpc) is 2.04. The first-order valence-corrected chi connectivity index (χ1v) is 3.02. The van der Waals surface area contributed by atoms with Gasteiger partial charge in [0.25, 0.3) is 5.88 Å². The van der Waals surface area contributed by atoms with Gasteiger partial charge < -0.3 is 9.47 Å². The predicted molar refractivity (Wildman–Crippen MR) is 37.3 cm³/mol. The van der Waals surface area contributed by atoms with E-state index >= 15 is 0 Å². The lowest BCUT2D eigenvalue weighted by atomic mass is 10.4. The maximum absolute atomic E-state index is 12.8. The lowest BCUT2D eigenvalue weighted by molar-refractivity contribution is 0.326. The molecule has 3 nitrogen and oxygen atoms in total. The number of methoxy groups -OCH3 is 2. The highest BCUT2D eigenvalue weighted by molar-refractivity contribution is 5.33. The van der Waals surface area contributed by atoms with Crippen LogP contribution < -0.4 is 9.47 Å². The van der Waals surface area contributed by atoms with Gasteiger partial charge in [0.05, 0.1) is 14.2 Å². The van der Waals surface area contributed by atoms with Crippen molar-refractivity contribution in [3.63, 3.8) is 0 Å². The second-order valence-electron chi connectivity index (χ2n) is 1.84. The Labute approximate surface area is 63.8 Å². The van der Waals surface area contributed by atoms with Crippen molar-refractivity contribution >= 4 is 0 Å². The zero-order valence-electron chi connectivity index (χ0n) is 6.30. The molecule has 0 aliphatic heterocycles. The zero-order chi connectivity index (χ0) is 8.27. The quantitative estimate of drug-likeness (QED) is 0.647. The fourth-order valence-corrected chi connectivity index (χ4v) is 0.737. The summed E-state index contributed by atoms with van der Waals surface area (Å²) < 4.78 is 22.2. The monoisotopic (exact) mass is 157 g/mol. The third-order valence-corrected chi connectivity index (χ3v) is 1.22. The molecule has 1 aromatic heterocycles. The van der Waals surface area contributed by atoms with E-state index in [1.165, 1.54) is 26.5 Å². The number of ether oxygens (including phenoxy) is 2. The summed E-state index contributed by atoms with van der Waals surface area (Å²) in [5.74, 6) is -0.276. The number of hydrogen-bond acceptors (Lipinski definition) is 3. The van der Waals surface area contributed by atoms with Gasteiger partial charge in [0.2, 0.25) is 5.75 Å². The van der Waals surface area contributed by atoms with Gasteiger partial charge >= 0.3 is 0 Å². The lowest BCUT2D eigenvalue weighted by Gasteiger charge is -2.04. The number of aromatic nitrogens is 1. The smallest absolute Gasteiger partial charge is 0.259 e. The summed E-state index contributed by atoms with van der Waals surface area (Å²) in [6.07, 6.45) is 1.32. The van der Waals surface area contributed by atoms with Crippen molar-refractivity contribution in [1.29, 1.82) is 0 Å². The van der Waals surface area contributed by atoms with E-state index in [-0.39, 0.29) is 11.6 Å². The Balaban J connectivity index is 3.13. The fraction of sp³-hybridized carbons (Fsp3) is 0.286. The fourth-order valence-electron chi connectivity index (χ4n) is 0.737. The van der Waals surface area contributed by atoms with Gasteiger partial charge in [-0.1, -0.05) is 0 Å². The van der Waals surface area contributed by atoms with Crippen LogP contribution >= 0.6 is 0 Å². The van der Waals surface area contributed by atoms with Gasteiger partial charge in [-0.05, 0) is 6.07 Å². The average molecular weight is 157 g/mol. The van der Waals surface area contributed by atoms with Gasteiger partial charge in [-0.25, -0.2) is 9.37 Å². The van der Waals surface area contributed by atoms with Crippen LogP contribution in [0.15, 0.2) is 12.3 Å². The van der Waals surface area contributed by atoms with E-state index in [0.29, 0.717) is 0 Å². The van der Waals surface area contributed by atoms with Crippen LogP contribution in [0.25, 0.3) is 0 Å². The standard InChI is InChI=1S/C7H8FNO2/c1-10-6-5(8)3-4-9-7(6)11-2/h3-4H,1-2H3. The molecule has 0 bridgehead atoms. The van der Waals surface area contributed by atoms with E-state index in [2.05, 4.69) is 4.98 Å². The van der Waals surface area contributed by atoms with Gasteiger partial charge in [0.1, 0.15) is 0 Å². The minimum atomic E-state index is -0.473. The van der Waals surface area contributed by atoms with Crippen molar-refractivity contribution in [2.24, 2.45) is 0 Å². The molecule has 0 aliphatic carbocycles. The molecule has 0 atom stereocenters. The van der Waals surface area contributed by atoms with Gasteiger partial charge in [-0.3, -0.25) is 0 Å². The van der Waals surface area contributed by atoms with E-state index in [1.807, 2.05) is 0 Å². The highest BCUT2D eigenvalue weighted by atomic mass is 19.1. The molecule has 0 fully saturated rings. The Bertz CT molecular complexity index is 252. The van der Waals surface area contributed by atoms with Gasteiger partial charge in [0, 0.05) is 6.20 Å². The summed E-state index contributed by atoms with van der Waals surface area (Å²) in [6.45, 7) is 0. The Morgan fingerprint density at radius 1 is 1.36 bits per heavy atom. The first-order chi connectivity index (χ1) is 5.29. The van der Waals surface area contributed by atoms with Crippen LogP contribution in [-0.4, -0.2) is 19.2 Å². The number of nitrogens with zero attached hydrogens (tertiary/aromatic N) is 1. The van der Waals surface area contributed by atoms with E-state index in [9.17, 15) is 4.39 Å². The van der Waals surface area contributed by atoms with Crippen LogP contribution in [0.5, 0.6) is 11.6 Å². The van der Waals surface area contributed by atoms with Crippen LogP contribution in [0.3, 0.4) is 0 Å². The molecular formula is C7H8FNO2. The van der Waals surface area contributed by atoms with E-state index in [1.54, 1.807) is 0 Å². The second-order valence-corrected chi connectivity index (χ2v) is 1.84. The molecule has 0 spiro atoms. The SMILES string of the molecule is COc1nccc(F)c1OC. The van der Waals surface area contributed by atoms with Crippen molar-refractivity contribution in [3.05, 3.63) is 18.1 Å². The van der Waals surface area contributed by atoms with Crippen molar-refractivity contribution in [1.82, 2.24) is 4.98 Å². The molecule has 0 N–H and O–H groups in total. The molecule has 60 valence electrons. The van der Waals surface area contributed by atoms with Gasteiger partial charge in [-0.2, -0.15) is 0 Å². The van der Waals surface area contributed by atoms with Crippen LogP contribution in [0.1, 0.15) is 0 Å². The summed E-state index contributed by atoms with van der Waals surface area (Å²) in [5, 5.41) is 0. The second kappa shape index (κ2) is 3.18. The molecule has 0 amide bonds. The minimum Gasteiger partial charge on any atom is -0.489 e. The largest absolute Gasteiger partial charge is 0.489 e. The molecule has 1 rings (SSSR count). The molecule has 0 saturated heterocycles. The number of hydrogen-bond donors (Lipinski definition) is 0. The summed E-state index contributed by atoms with van der Waals surface area (Å²) in [6, 6.07) is 1.21. The third kappa shape index (κ3) is 1.39. The molecule has 1 aromatic rings. The number of halogens is 1. The maximum atomic E-state index is 12.8. The molecule has 0 unspecified atom stereocenters. The summed E-state index contributed by atoms with van der Waals surface area (Å²) in [4.78, 5) is 3.74. The van der Waals surface area contributed by atoms with Crippen LogP contribution in [0.2, 0.25) is 0 Å². The zero-order valence-corrected chi connectivity index (χ0v) is 6.30. The van der Waals surface area contributed by atoms with E-state index < -0.39 is 5.82 Å². The molecule has 0 aliphatic rings. The highest BCUT2D eigenvalue weighted by Crippen LogP contribution is 2.25. The molecule has 1 heterocycles. The first-order valence-electron chi connectivity index (χ1n) is 3.02. The Kier molecular flexibility index (Phi) is 2.25. The van der Waals surface area contributed by atoms with Crippen LogP contribution in [0.4, 0.5) is 4.39 Å². The normalized spacial score (nSPS) is 9.36. The summed E-state index contributed by atoms with van der Waals surface area (Å²) >= 11 is 0. The third-order valence-electron chi connectivity index (χ3n) is 1.22. The molecular weight excluding hydrogens is 149 g/mol. The number of rotatable bonds is 2. The van der Waals surface area contributed by atoms with Crippen molar-refractivity contribution in [2.45, 2.75) is 0 Å². The van der Waals surface area contributed by atoms with E-state index in [0.717, 1.165) is 0 Å². The Morgan fingerprint density at radius 2 is 2.09 bits per heavy atom. The molecule has 0 radical (unpaired) electrons. The molecule has 0 saturated carbocycles. The molecule has 11 heavy (non-hydrogen) atoms. The van der Waals surface area contributed by atoms with E-state index in [4.69, 9.17) is 9.47 Å². The van der Waals surface area contributed by atoms with Crippen molar-refractivity contribution in [2.75, 3.05) is 14.2 Å². The molecule has 4 heteroatoms. The lowest BCUT2D eigenvalue weighted by Crippen LogP contribution is -1.95. The first kappa shape index (κ1) is 7.78. The number of pyridine rings is 1. The predicted octanol–water partition coefficient (Wildman–Crippen LogP) is 1.24. The van der Waals surface area contributed by atoms with Crippen LogP contribution in [0, 0.1) is 5.82 Å². The van der Waals surface area contributed by atoms with Crippen molar-refractivity contribution in [3.8, 4) is 11.6 Å². The summed E-state index contributed by atoms with van der Waals surface area (Å²) in [5.41, 5.74) is 0.